The Balaban J connectivity index is 1.22. The Morgan fingerprint density at radius 2 is 1.93 bits per heavy atom. The number of hydrogen-bond acceptors (Lipinski definition) is 6. The number of rotatable bonds is 9. The third kappa shape index (κ3) is 5.83. The van der Waals surface area contributed by atoms with E-state index in [4.69, 9.17) is 9.84 Å². The molecule has 1 amide bonds. The molecule has 1 aliphatic heterocycles. The van der Waals surface area contributed by atoms with Crippen molar-refractivity contribution >= 4 is 28.8 Å². The number of fused-ring (bicyclic) bond motifs is 1. The number of halogens is 1. The van der Waals surface area contributed by atoms with Gasteiger partial charge in [-0.3, -0.25) is 9.59 Å². The van der Waals surface area contributed by atoms with Crippen molar-refractivity contribution in [2.45, 2.75) is 58.4 Å². The predicted molar refractivity (Wildman–Crippen MR) is 169 cm³/mol. The van der Waals surface area contributed by atoms with Gasteiger partial charge < -0.3 is 15.0 Å². The number of nitrogens with one attached hydrogen (secondary N) is 1. The standard InChI is InChI=1S/C35H38FN5O3/c1-5-21(2)27-9-7-6-8-23(27)14-15-37-34(42)31-18-32(24-10-11-24)41-33(38-31)19-30(39-41)28-13-12-26(17-29(28)36)40-20-25(16-22(40)3)35(43)44-4/h5-9,12-13,17-19,22,24-25H,10-11,14-16,20H2,1-4H3,(H,37,42)/b21-5-. The van der Waals surface area contributed by atoms with Crippen LogP contribution in [0.15, 0.2) is 60.7 Å². The number of esters is 1. The minimum atomic E-state index is -0.404. The molecular weight excluding hydrogens is 557 g/mol. The summed E-state index contributed by atoms with van der Waals surface area (Å²) < 4.78 is 22.2. The van der Waals surface area contributed by atoms with Gasteiger partial charge in [-0.15, -0.1) is 0 Å². The summed E-state index contributed by atoms with van der Waals surface area (Å²) in [6, 6.07) is 17.0. The van der Waals surface area contributed by atoms with Gasteiger partial charge in [-0.25, -0.2) is 13.9 Å². The summed E-state index contributed by atoms with van der Waals surface area (Å²) in [6.07, 6.45) is 5.49. The first kappa shape index (κ1) is 29.5. The summed E-state index contributed by atoms with van der Waals surface area (Å²) in [4.78, 5) is 32.0. The number of nitrogens with zero attached hydrogens (tertiary/aromatic N) is 4. The molecule has 1 saturated carbocycles. The third-order valence-electron chi connectivity index (χ3n) is 8.91. The average molecular weight is 596 g/mol. The average Bonchev–Trinajstić information content (AvgIpc) is 3.67. The molecule has 3 heterocycles. The van der Waals surface area contributed by atoms with E-state index in [9.17, 15) is 9.59 Å². The van der Waals surface area contributed by atoms with Crippen LogP contribution in [0.2, 0.25) is 0 Å². The van der Waals surface area contributed by atoms with Gasteiger partial charge in [0, 0.05) is 48.1 Å². The van der Waals surface area contributed by atoms with Gasteiger partial charge in [-0.05, 0) is 87.4 Å². The van der Waals surface area contributed by atoms with Gasteiger partial charge in [0.1, 0.15) is 11.5 Å². The molecule has 1 N–H and O–H groups in total. The first-order chi connectivity index (χ1) is 21.3. The molecule has 2 aliphatic rings. The van der Waals surface area contributed by atoms with E-state index in [1.165, 1.54) is 29.9 Å². The summed E-state index contributed by atoms with van der Waals surface area (Å²) >= 11 is 0. The van der Waals surface area contributed by atoms with Crippen LogP contribution in [0.4, 0.5) is 10.1 Å². The maximum absolute atomic E-state index is 15.6. The van der Waals surface area contributed by atoms with Gasteiger partial charge in [0.25, 0.3) is 5.91 Å². The van der Waals surface area contributed by atoms with Crippen molar-refractivity contribution in [1.29, 1.82) is 0 Å². The molecule has 8 nitrogen and oxygen atoms in total. The van der Waals surface area contributed by atoms with E-state index in [1.807, 2.05) is 43.0 Å². The van der Waals surface area contributed by atoms with Crippen molar-refractivity contribution in [3.05, 3.63) is 89.0 Å². The van der Waals surface area contributed by atoms with Crippen molar-refractivity contribution in [2.24, 2.45) is 5.92 Å². The first-order valence-electron chi connectivity index (χ1n) is 15.3. The summed E-state index contributed by atoms with van der Waals surface area (Å²) in [6.45, 7) is 7.11. The molecule has 1 saturated heterocycles. The Hall–Kier alpha value is -4.53. The van der Waals surface area contributed by atoms with Crippen LogP contribution < -0.4 is 10.2 Å². The Labute approximate surface area is 256 Å². The quantitative estimate of drug-likeness (QED) is 0.232. The van der Waals surface area contributed by atoms with Crippen LogP contribution >= 0.6 is 0 Å². The second-order valence-electron chi connectivity index (χ2n) is 11.9. The molecular formula is C35H38FN5O3. The molecule has 0 radical (unpaired) electrons. The van der Waals surface area contributed by atoms with Gasteiger partial charge >= 0.3 is 5.97 Å². The van der Waals surface area contributed by atoms with Crippen molar-refractivity contribution < 1.29 is 18.7 Å². The molecule has 2 atom stereocenters. The van der Waals surface area contributed by atoms with E-state index in [-0.39, 0.29) is 23.8 Å². The van der Waals surface area contributed by atoms with Gasteiger partial charge in [-0.2, -0.15) is 5.10 Å². The normalized spacial score (nSPS) is 18.6. The van der Waals surface area contributed by atoms with E-state index < -0.39 is 5.82 Å². The van der Waals surface area contributed by atoms with Gasteiger partial charge in [0.05, 0.1) is 18.7 Å². The second-order valence-corrected chi connectivity index (χ2v) is 11.9. The van der Waals surface area contributed by atoms with Crippen molar-refractivity contribution in [2.75, 3.05) is 25.1 Å². The fourth-order valence-electron chi connectivity index (χ4n) is 6.21. The van der Waals surface area contributed by atoms with E-state index in [2.05, 4.69) is 35.4 Å². The summed E-state index contributed by atoms with van der Waals surface area (Å²) in [5.41, 5.74) is 6.87. The number of allylic oxidation sites excluding steroid dienone is 2. The van der Waals surface area contributed by atoms with Gasteiger partial charge in [0.15, 0.2) is 5.65 Å². The zero-order valence-electron chi connectivity index (χ0n) is 25.6. The molecule has 2 unspecified atom stereocenters. The monoisotopic (exact) mass is 595 g/mol. The lowest BCUT2D eigenvalue weighted by molar-refractivity contribution is -0.144. The van der Waals surface area contributed by atoms with Crippen LogP contribution in [0.5, 0.6) is 0 Å². The fourth-order valence-corrected chi connectivity index (χ4v) is 6.21. The summed E-state index contributed by atoms with van der Waals surface area (Å²) in [5.74, 6) is -0.815. The Morgan fingerprint density at radius 3 is 2.66 bits per heavy atom. The molecule has 2 aromatic heterocycles. The molecule has 0 bridgehead atoms. The highest BCUT2D eigenvalue weighted by Gasteiger charge is 2.35. The zero-order chi connectivity index (χ0) is 31.0. The van der Waals surface area contributed by atoms with E-state index in [0.717, 1.165) is 18.5 Å². The molecule has 44 heavy (non-hydrogen) atoms. The number of anilines is 1. The highest BCUT2D eigenvalue weighted by molar-refractivity contribution is 5.93. The minimum Gasteiger partial charge on any atom is -0.469 e. The lowest BCUT2D eigenvalue weighted by atomic mass is 9.98. The highest BCUT2D eigenvalue weighted by atomic mass is 19.1. The number of carbonyl (C=O) groups excluding carboxylic acids is 2. The molecule has 2 aromatic carbocycles. The molecule has 228 valence electrons. The molecule has 1 aliphatic carbocycles. The molecule has 2 fully saturated rings. The summed E-state index contributed by atoms with van der Waals surface area (Å²) in [7, 11) is 1.39. The van der Waals surface area contributed by atoms with Gasteiger partial charge in [-0.1, -0.05) is 30.3 Å². The maximum atomic E-state index is 15.6. The largest absolute Gasteiger partial charge is 0.469 e. The fraction of sp³-hybridized carbons (Fsp3) is 0.371. The topological polar surface area (TPSA) is 88.8 Å². The number of methoxy groups -OCH3 is 1. The number of benzene rings is 2. The van der Waals surface area contributed by atoms with Crippen LogP contribution in [0.1, 0.15) is 73.3 Å². The predicted octanol–water partition coefficient (Wildman–Crippen LogP) is 6.20. The minimum absolute atomic E-state index is 0.0847. The smallest absolute Gasteiger partial charge is 0.310 e. The van der Waals surface area contributed by atoms with Crippen LogP contribution in [0.3, 0.4) is 0 Å². The number of ether oxygens (including phenoxy) is 1. The number of aromatic nitrogens is 3. The van der Waals surface area contributed by atoms with Crippen LogP contribution in [0.25, 0.3) is 22.5 Å². The van der Waals surface area contributed by atoms with Crippen LogP contribution in [-0.2, 0) is 16.0 Å². The first-order valence-corrected chi connectivity index (χ1v) is 15.3. The highest BCUT2D eigenvalue weighted by Crippen LogP contribution is 2.41. The maximum Gasteiger partial charge on any atom is 0.310 e. The Kier molecular flexibility index (Phi) is 8.21. The summed E-state index contributed by atoms with van der Waals surface area (Å²) in [5, 5.41) is 7.77. The number of carbonyl (C=O) groups is 2. The molecule has 9 heteroatoms. The Bertz CT molecular complexity index is 1760. The van der Waals surface area contributed by atoms with Crippen molar-refractivity contribution in [1.82, 2.24) is 19.9 Å². The van der Waals surface area contributed by atoms with E-state index >= 15 is 4.39 Å². The number of hydrogen-bond donors (Lipinski definition) is 1. The van der Waals surface area contributed by atoms with Crippen LogP contribution in [0, 0.1) is 11.7 Å². The number of amides is 1. The van der Waals surface area contributed by atoms with Crippen molar-refractivity contribution in [3.63, 3.8) is 0 Å². The van der Waals surface area contributed by atoms with E-state index in [0.29, 0.717) is 60.1 Å². The van der Waals surface area contributed by atoms with Gasteiger partial charge in [0.2, 0.25) is 0 Å². The molecule has 0 spiro atoms. The molecule has 4 aromatic rings. The third-order valence-corrected chi connectivity index (χ3v) is 8.91. The lowest BCUT2D eigenvalue weighted by Crippen LogP contribution is -2.27. The van der Waals surface area contributed by atoms with Crippen LogP contribution in [-0.4, -0.2) is 52.7 Å². The SMILES string of the molecule is C/C=C(/C)c1ccccc1CCNC(=O)c1cc(C2CC2)n2nc(-c3ccc(N4CC(C(=O)OC)CC4C)cc3F)cc2n1. The second kappa shape index (κ2) is 12.2. The zero-order valence-corrected chi connectivity index (χ0v) is 25.6. The lowest BCUT2D eigenvalue weighted by Gasteiger charge is -2.24. The Morgan fingerprint density at radius 1 is 1.14 bits per heavy atom. The van der Waals surface area contributed by atoms with E-state index in [1.54, 1.807) is 16.6 Å². The van der Waals surface area contributed by atoms with Crippen molar-refractivity contribution in [3.8, 4) is 11.3 Å². The molecule has 6 rings (SSSR count).